The van der Waals surface area contributed by atoms with Gasteiger partial charge in [0.2, 0.25) is 5.91 Å². The molecule has 0 radical (unpaired) electrons. The molecule has 1 aromatic heterocycles. The van der Waals surface area contributed by atoms with E-state index in [0.29, 0.717) is 18.7 Å². The van der Waals surface area contributed by atoms with E-state index in [1.54, 1.807) is 6.07 Å². The predicted octanol–water partition coefficient (Wildman–Crippen LogP) is 1.30. The Morgan fingerprint density at radius 3 is 2.61 bits per heavy atom. The molecule has 0 spiro atoms. The normalized spacial score (nSPS) is 10.3. The van der Waals surface area contributed by atoms with Crippen LogP contribution in [-0.2, 0) is 4.79 Å². The van der Waals surface area contributed by atoms with Crippen molar-refractivity contribution in [2.24, 2.45) is 0 Å². The molecule has 2 N–H and O–H groups in total. The largest absolute Gasteiger partial charge is 0.451 e. The van der Waals surface area contributed by atoms with Crippen LogP contribution in [0, 0.1) is 0 Å². The molecule has 2 amide bonds. The van der Waals surface area contributed by atoms with Gasteiger partial charge < -0.3 is 15.1 Å². The van der Waals surface area contributed by atoms with Crippen LogP contribution in [0.15, 0.2) is 34.7 Å². The van der Waals surface area contributed by atoms with E-state index in [-0.39, 0.29) is 17.6 Å². The van der Waals surface area contributed by atoms with E-state index in [2.05, 4.69) is 10.6 Å². The molecule has 0 aliphatic rings. The van der Waals surface area contributed by atoms with E-state index in [4.69, 9.17) is 4.42 Å². The van der Waals surface area contributed by atoms with E-state index >= 15 is 0 Å². The molecule has 0 aliphatic heterocycles. The van der Waals surface area contributed by atoms with Crippen LogP contribution < -0.4 is 10.6 Å². The summed E-state index contributed by atoms with van der Waals surface area (Å²) in [6.07, 6.45) is 0. The van der Waals surface area contributed by atoms with Crippen LogP contribution in [0.1, 0.15) is 17.5 Å². The van der Waals surface area contributed by atoms with E-state index in [1.807, 2.05) is 24.3 Å². The van der Waals surface area contributed by atoms with Gasteiger partial charge in [-0.15, -0.1) is 0 Å². The summed E-state index contributed by atoms with van der Waals surface area (Å²) < 4.78 is 5.41. The third-order valence-corrected chi connectivity index (χ3v) is 2.43. The number of carbonyl (C=O) groups excluding carboxylic acids is 2. The first-order valence-corrected chi connectivity index (χ1v) is 5.68. The van der Waals surface area contributed by atoms with Crippen molar-refractivity contribution in [3.63, 3.8) is 0 Å². The van der Waals surface area contributed by atoms with Gasteiger partial charge in [0.05, 0.1) is 0 Å². The minimum Gasteiger partial charge on any atom is -0.451 e. The van der Waals surface area contributed by atoms with Crippen LogP contribution in [0.5, 0.6) is 0 Å². The number of amides is 2. The lowest BCUT2D eigenvalue weighted by atomic mass is 10.2. The van der Waals surface area contributed by atoms with Crippen molar-refractivity contribution in [3.05, 3.63) is 36.1 Å². The van der Waals surface area contributed by atoms with Gasteiger partial charge in [0.15, 0.2) is 5.76 Å². The van der Waals surface area contributed by atoms with E-state index in [1.165, 1.54) is 6.92 Å². The zero-order chi connectivity index (χ0) is 13.0. The van der Waals surface area contributed by atoms with Crippen LogP contribution in [0.4, 0.5) is 0 Å². The van der Waals surface area contributed by atoms with Gasteiger partial charge in [-0.05, 0) is 12.1 Å². The second-order valence-electron chi connectivity index (χ2n) is 3.89. The molecule has 18 heavy (non-hydrogen) atoms. The number of carbonyl (C=O) groups is 2. The Labute approximate surface area is 104 Å². The van der Waals surface area contributed by atoms with Gasteiger partial charge >= 0.3 is 0 Å². The molecule has 5 heteroatoms. The monoisotopic (exact) mass is 246 g/mol. The minimum atomic E-state index is -0.281. The molecule has 0 atom stereocenters. The molecule has 0 saturated carbocycles. The molecular weight excluding hydrogens is 232 g/mol. The summed E-state index contributed by atoms with van der Waals surface area (Å²) in [6, 6.07) is 9.13. The lowest BCUT2D eigenvalue weighted by Crippen LogP contribution is -2.33. The molecule has 5 nitrogen and oxygen atoms in total. The van der Waals surface area contributed by atoms with Crippen LogP contribution in [0.3, 0.4) is 0 Å². The first-order chi connectivity index (χ1) is 8.66. The van der Waals surface area contributed by atoms with Crippen LogP contribution >= 0.6 is 0 Å². The highest BCUT2D eigenvalue weighted by molar-refractivity contribution is 5.96. The first kappa shape index (κ1) is 12.2. The maximum Gasteiger partial charge on any atom is 0.287 e. The average Bonchev–Trinajstić information content (AvgIpc) is 2.78. The summed E-state index contributed by atoms with van der Waals surface area (Å²) in [5.74, 6) is -0.122. The molecule has 0 bridgehead atoms. The topological polar surface area (TPSA) is 71.3 Å². The van der Waals surface area contributed by atoms with Crippen molar-refractivity contribution in [2.45, 2.75) is 6.92 Å². The third kappa shape index (κ3) is 2.88. The molecule has 94 valence electrons. The minimum absolute atomic E-state index is 0.118. The molecule has 0 saturated heterocycles. The van der Waals surface area contributed by atoms with Crippen molar-refractivity contribution >= 4 is 22.8 Å². The molecule has 2 aromatic rings. The molecule has 2 rings (SSSR count). The highest BCUT2D eigenvalue weighted by Crippen LogP contribution is 2.18. The lowest BCUT2D eigenvalue weighted by molar-refractivity contribution is -0.118. The Balaban J connectivity index is 1.94. The van der Waals surface area contributed by atoms with Crippen molar-refractivity contribution < 1.29 is 14.0 Å². The Morgan fingerprint density at radius 2 is 1.89 bits per heavy atom. The Hall–Kier alpha value is -2.30. The Bertz CT molecular complexity index is 541. The standard InChI is InChI=1S/C13H14N2O3/c1-9(16)14-6-7-15-13(17)12-8-10-4-2-3-5-11(10)18-12/h2-5,8H,6-7H2,1H3,(H,14,16)(H,15,17). The van der Waals surface area contributed by atoms with E-state index in [0.717, 1.165) is 5.39 Å². The van der Waals surface area contributed by atoms with Gasteiger partial charge in [-0.1, -0.05) is 18.2 Å². The van der Waals surface area contributed by atoms with Gasteiger partial charge in [-0.2, -0.15) is 0 Å². The van der Waals surface area contributed by atoms with Crippen LogP contribution in [0.25, 0.3) is 11.0 Å². The predicted molar refractivity (Wildman–Crippen MR) is 67.2 cm³/mol. The number of para-hydroxylation sites is 1. The SMILES string of the molecule is CC(=O)NCCNC(=O)c1cc2ccccc2o1. The maximum absolute atomic E-state index is 11.7. The summed E-state index contributed by atoms with van der Waals surface area (Å²) in [5, 5.41) is 6.16. The lowest BCUT2D eigenvalue weighted by Gasteiger charge is -2.03. The van der Waals surface area contributed by atoms with Gasteiger partial charge in [0.1, 0.15) is 5.58 Å². The van der Waals surface area contributed by atoms with Crippen molar-refractivity contribution in [2.75, 3.05) is 13.1 Å². The van der Waals surface area contributed by atoms with E-state index < -0.39 is 0 Å². The summed E-state index contributed by atoms with van der Waals surface area (Å²) in [6.45, 7) is 2.21. The molecular formula is C13H14N2O3. The summed E-state index contributed by atoms with van der Waals surface area (Å²) in [7, 11) is 0. The van der Waals surface area contributed by atoms with Crippen molar-refractivity contribution in [1.29, 1.82) is 0 Å². The average molecular weight is 246 g/mol. The fraction of sp³-hybridized carbons (Fsp3) is 0.231. The first-order valence-electron chi connectivity index (χ1n) is 5.68. The second-order valence-corrected chi connectivity index (χ2v) is 3.89. The Kier molecular flexibility index (Phi) is 3.62. The van der Waals surface area contributed by atoms with Gasteiger partial charge in [-0.3, -0.25) is 9.59 Å². The van der Waals surface area contributed by atoms with Crippen LogP contribution in [-0.4, -0.2) is 24.9 Å². The quantitative estimate of drug-likeness (QED) is 0.799. The number of hydrogen-bond donors (Lipinski definition) is 2. The summed E-state index contributed by atoms with van der Waals surface area (Å²) >= 11 is 0. The summed E-state index contributed by atoms with van der Waals surface area (Å²) in [4.78, 5) is 22.4. The smallest absolute Gasteiger partial charge is 0.287 e. The number of furan rings is 1. The summed E-state index contributed by atoms with van der Waals surface area (Å²) in [5.41, 5.74) is 0.685. The number of nitrogens with one attached hydrogen (secondary N) is 2. The third-order valence-electron chi connectivity index (χ3n) is 2.43. The molecule has 0 aliphatic carbocycles. The van der Waals surface area contributed by atoms with Gasteiger partial charge in [0.25, 0.3) is 5.91 Å². The molecule has 0 fully saturated rings. The van der Waals surface area contributed by atoms with Crippen molar-refractivity contribution in [3.8, 4) is 0 Å². The fourth-order valence-corrected chi connectivity index (χ4v) is 1.60. The van der Waals surface area contributed by atoms with Gasteiger partial charge in [-0.25, -0.2) is 0 Å². The molecule has 1 heterocycles. The van der Waals surface area contributed by atoms with Crippen LogP contribution in [0.2, 0.25) is 0 Å². The van der Waals surface area contributed by atoms with E-state index in [9.17, 15) is 9.59 Å². The highest BCUT2D eigenvalue weighted by atomic mass is 16.3. The van der Waals surface area contributed by atoms with Crippen molar-refractivity contribution in [1.82, 2.24) is 10.6 Å². The number of rotatable bonds is 4. The zero-order valence-electron chi connectivity index (χ0n) is 10.0. The van der Waals surface area contributed by atoms with Gasteiger partial charge in [0, 0.05) is 25.4 Å². The highest BCUT2D eigenvalue weighted by Gasteiger charge is 2.10. The number of hydrogen-bond acceptors (Lipinski definition) is 3. The number of benzene rings is 1. The molecule has 1 aromatic carbocycles. The maximum atomic E-state index is 11.7. The fourth-order valence-electron chi connectivity index (χ4n) is 1.60. The second kappa shape index (κ2) is 5.35. The number of fused-ring (bicyclic) bond motifs is 1. The molecule has 0 unspecified atom stereocenters. The zero-order valence-corrected chi connectivity index (χ0v) is 10.0. The Morgan fingerprint density at radius 1 is 1.17 bits per heavy atom.